The first kappa shape index (κ1) is 21.0. The predicted octanol–water partition coefficient (Wildman–Crippen LogP) is 2.40. The SMILES string of the molecule is CCN(C(=O)COC(=O)C(c1ccccc1)c1ccccc1)[C@@H]1CCS(=O)(=O)C1. The molecule has 7 heteroatoms. The van der Waals surface area contributed by atoms with Crippen LogP contribution in [0.4, 0.5) is 0 Å². The minimum atomic E-state index is -3.10. The smallest absolute Gasteiger partial charge is 0.318 e. The average Bonchev–Trinajstić information content (AvgIpc) is 3.08. The van der Waals surface area contributed by atoms with Gasteiger partial charge in [-0.2, -0.15) is 0 Å². The van der Waals surface area contributed by atoms with Gasteiger partial charge in [-0.25, -0.2) is 8.42 Å². The lowest BCUT2D eigenvalue weighted by atomic mass is 9.91. The lowest BCUT2D eigenvalue weighted by molar-refractivity contribution is -0.153. The van der Waals surface area contributed by atoms with E-state index in [-0.39, 0.29) is 23.5 Å². The number of ether oxygens (including phenoxy) is 1. The first-order valence-corrected chi connectivity index (χ1v) is 11.5. The Morgan fingerprint density at radius 1 is 1.03 bits per heavy atom. The van der Waals surface area contributed by atoms with Gasteiger partial charge in [0.25, 0.3) is 5.91 Å². The van der Waals surface area contributed by atoms with E-state index < -0.39 is 28.3 Å². The molecule has 0 aromatic heterocycles. The standard InChI is InChI=1S/C22H25NO5S/c1-2-23(19-13-14-29(26,27)16-19)20(24)15-28-22(25)21(17-9-5-3-6-10-17)18-11-7-4-8-12-18/h3-12,19,21H,2,13-16H2,1H3/t19-/m1/s1. The van der Waals surface area contributed by atoms with Gasteiger partial charge in [-0.05, 0) is 24.5 Å². The third kappa shape index (κ3) is 5.23. The van der Waals surface area contributed by atoms with Gasteiger partial charge in [0.15, 0.2) is 16.4 Å². The fourth-order valence-electron chi connectivity index (χ4n) is 3.71. The molecule has 1 aliphatic heterocycles. The van der Waals surface area contributed by atoms with E-state index in [4.69, 9.17) is 4.74 Å². The zero-order valence-corrected chi connectivity index (χ0v) is 17.2. The van der Waals surface area contributed by atoms with Crippen molar-refractivity contribution in [2.24, 2.45) is 0 Å². The second kappa shape index (κ2) is 9.22. The van der Waals surface area contributed by atoms with E-state index in [1.54, 1.807) is 6.92 Å². The van der Waals surface area contributed by atoms with Gasteiger partial charge >= 0.3 is 5.97 Å². The molecule has 1 aliphatic rings. The molecule has 0 saturated carbocycles. The number of likely N-dealkylation sites (N-methyl/N-ethyl adjacent to an activating group) is 1. The Bertz CT molecular complexity index is 904. The molecular formula is C22H25NO5S. The molecule has 0 spiro atoms. The summed E-state index contributed by atoms with van der Waals surface area (Å²) in [4.78, 5) is 27.0. The second-order valence-electron chi connectivity index (χ2n) is 7.10. The molecule has 2 aromatic carbocycles. The number of rotatable bonds is 7. The van der Waals surface area contributed by atoms with Gasteiger partial charge in [0.05, 0.1) is 11.5 Å². The van der Waals surface area contributed by atoms with Crippen LogP contribution in [0.3, 0.4) is 0 Å². The van der Waals surface area contributed by atoms with Crippen molar-refractivity contribution in [3.63, 3.8) is 0 Å². The molecule has 1 amide bonds. The third-order valence-electron chi connectivity index (χ3n) is 5.15. The highest BCUT2D eigenvalue weighted by atomic mass is 32.2. The third-order valence-corrected chi connectivity index (χ3v) is 6.90. The molecule has 1 fully saturated rings. The first-order valence-electron chi connectivity index (χ1n) is 9.67. The predicted molar refractivity (Wildman–Crippen MR) is 110 cm³/mol. The Morgan fingerprint density at radius 3 is 2.03 bits per heavy atom. The van der Waals surface area contributed by atoms with E-state index in [1.807, 2.05) is 60.7 Å². The summed E-state index contributed by atoms with van der Waals surface area (Å²) in [5.74, 6) is -1.46. The van der Waals surface area contributed by atoms with Crippen LogP contribution in [0.1, 0.15) is 30.4 Å². The number of amides is 1. The van der Waals surface area contributed by atoms with Crippen molar-refractivity contribution in [3.8, 4) is 0 Å². The second-order valence-corrected chi connectivity index (χ2v) is 9.33. The van der Waals surface area contributed by atoms with Gasteiger partial charge in [0, 0.05) is 12.6 Å². The van der Waals surface area contributed by atoms with Crippen molar-refractivity contribution in [3.05, 3.63) is 71.8 Å². The van der Waals surface area contributed by atoms with Crippen LogP contribution < -0.4 is 0 Å². The van der Waals surface area contributed by atoms with Crippen molar-refractivity contribution in [2.45, 2.75) is 25.3 Å². The lowest BCUT2D eigenvalue weighted by Crippen LogP contribution is -2.43. The summed E-state index contributed by atoms with van der Waals surface area (Å²) in [5.41, 5.74) is 1.57. The Balaban J connectivity index is 1.70. The maximum Gasteiger partial charge on any atom is 0.318 e. The summed E-state index contributed by atoms with van der Waals surface area (Å²) in [5, 5.41) is 0. The number of hydrogen-bond donors (Lipinski definition) is 0. The fraction of sp³-hybridized carbons (Fsp3) is 0.364. The van der Waals surface area contributed by atoms with Crippen molar-refractivity contribution < 1.29 is 22.7 Å². The molecule has 1 atom stereocenters. The van der Waals surface area contributed by atoms with Gasteiger partial charge < -0.3 is 9.64 Å². The summed E-state index contributed by atoms with van der Waals surface area (Å²) < 4.78 is 28.8. The van der Waals surface area contributed by atoms with E-state index >= 15 is 0 Å². The molecule has 29 heavy (non-hydrogen) atoms. The van der Waals surface area contributed by atoms with Crippen LogP contribution >= 0.6 is 0 Å². The van der Waals surface area contributed by atoms with E-state index in [2.05, 4.69) is 0 Å². The number of carbonyl (C=O) groups excluding carboxylic acids is 2. The first-order chi connectivity index (χ1) is 13.9. The summed E-state index contributed by atoms with van der Waals surface area (Å²) >= 11 is 0. The minimum absolute atomic E-state index is 0.0306. The Hall–Kier alpha value is -2.67. The molecule has 0 N–H and O–H groups in total. The van der Waals surface area contributed by atoms with Gasteiger partial charge in [-0.3, -0.25) is 9.59 Å². The van der Waals surface area contributed by atoms with Crippen molar-refractivity contribution in [1.82, 2.24) is 4.90 Å². The van der Waals surface area contributed by atoms with Crippen LogP contribution in [-0.2, 0) is 24.2 Å². The van der Waals surface area contributed by atoms with Crippen LogP contribution in [0.2, 0.25) is 0 Å². The molecule has 6 nitrogen and oxygen atoms in total. The van der Waals surface area contributed by atoms with E-state index in [0.29, 0.717) is 13.0 Å². The monoisotopic (exact) mass is 415 g/mol. The van der Waals surface area contributed by atoms with Gasteiger partial charge in [-0.15, -0.1) is 0 Å². The van der Waals surface area contributed by atoms with Crippen LogP contribution in [0.5, 0.6) is 0 Å². The Kier molecular flexibility index (Phi) is 6.69. The molecule has 3 rings (SSSR count). The summed E-state index contributed by atoms with van der Waals surface area (Å²) in [6, 6.07) is 18.2. The zero-order valence-electron chi connectivity index (χ0n) is 16.4. The minimum Gasteiger partial charge on any atom is -0.455 e. The molecule has 154 valence electrons. The van der Waals surface area contributed by atoms with Crippen molar-refractivity contribution >= 4 is 21.7 Å². The molecule has 0 unspecified atom stereocenters. The molecular weight excluding hydrogens is 390 g/mol. The van der Waals surface area contributed by atoms with Crippen molar-refractivity contribution in [2.75, 3.05) is 24.7 Å². The van der Waals surface area contributed by atoms with Gasteiger partial charge in [0.2, 0.25) is 0 Å². The molecule has 1 saturated heterocycles. The highest BCUT2D eigenvalue weighted by Gasteiger charge is 2.34. The topological polar surface area (TPSA) is 80.8 Å². The summed E-state index contributed by atoms with van der Waals surface area (Å²) in [7, 11) is -3.10. The van der Waals surface area contributed by atoms with Crippen LogP contribution in [0, 0.1) is 0 Å². The number of carbonyl (C=O) groups is 2. The number of hydrogen-bond acceptors (Lipinski definition) is 5. The highest BCUT2D eigenvalue weighted by molar-refractivity contribution is 7.91. The fourth-order valence-corrected chi connectivity index (χ4v) is 5.44. The van der Waals surface area contributed by atoms with Crippen LogP contribution in [0.15, 0.2) is 60.7 Å². The van der Waals surface area contributed by atoms with E-state index in [9.17, 15) is 18.0 Å². The van der Waals surface area contributed by atoms with Crippen molar-refractivity contribution in [1.29, 1.82) is 0 Å². The van der Waals surface area contributed by atoms with Crippen LogP contribution in [-0.4, -0.2) is 55.9 Å². The number of nitrogens with zero attached hydrogens (tertiary/aromatic N) is 1. The molecule has 0 bridgehead atoms. The lowest BCUT2D eigenvalue weighted by Gasteiger charge is -2.27. The van der Waals surface area contributed by atoms with Gasteiger partial charge in [-0.1, -0.05) is 60.7 Å². The zero-order chi connectivity index (χ0) is 20.9. The maximum atomic E-state index is 12.9. The molecule has 2 aromatic rings. The summed E-state index contributed by atoms with van der Waals surface area (Å²) in [6.07, 6.45) is 0.423. The quantitative estimate of drug-likeness (QED) is 0.649. The molecule has 0 radical (unpaired) electrons. The van der Waals surface area contributed by atoms with E-state index in [1.165, 1.54) is 4.90 Å². The van der Waals surface area contributed by atoms with Crippen LogP contribution in [0.25, 0.3) is 0 Å². The Labute approximate surface area is 171 Å². The molecule has 0 aliphatic carbocycles. The number of benzene rings is 2. The van der Waals surface area contributed by atoms with Gasteiger partial charge in [0.1, 0.15) is 5.92 Å². The highest BCUT2D eigenvalue weighted by Crippen LogP contribution is 2.26. The normalized spacial score (nSPS) is 17.8. The average molecular weight is 416 g/mol. The maximum absolute atomic E-state index is 12.9. The largest absolute Gasteiger partial charge is 0.455 e. The molecule has 1 heterocycles. The van der Waals surface area contributed by atoms with E-state index in [0.717, 1.165) is 11.1 Å². The number of sulfone groups is 1. The number of esters is 1. The summed E-state index contributed by atoms with van der Waals surface area (Å²) in [6.45, 7) is 1.76. The Morgan fingerprint density at radius 2 is 1.59 bits per heavy atom.